The summed E-state index contributed by atoms with van der Waals surface area (Å²) in [4.78, 5) is 11.3. The summed E-state index contributed by atoms with van der Waals surface area (Å²) in [5.41, 5.74) is 7.73. The molecule has 17 heavy (non-hydrogen) atoms. The Morgan fingerprint density at radius 3 is 2.65 bits per heavy atom. The van der Waals surface area contributed by atoms with Gasteiger partial charge in [0.05, 0.1) is 5.69 Å². The number of benzene rings is 1. The van der Waals surface area contributed by atoms with Crippen molar-refractivity contribution in [3.8, 4) is 5.69 Å². The highest BCUT2D eigenvalue weighted by Gasteiger charge is 2.06. The normalized spacial score (nSPS) is 10.5. The molecule has 5 heteroatoms. The van der Waals surface area contributed by atoms with Crippen molar-refractivity contribution in [2.45, 2.75) is 13.8 Å². The van der Waals surface area contributed by atoms with E-state index in [1.165, 1.54) is 6.07 Å². The molecule has 0 atom stereocenters. The molecule has 0 spiro atoms. The third-order valence-electron chi connectivity index (χ3n) is 2.53. The highest BCUT2D eigenvalue weighted by Crippen LogP contribution is 2.19. The van der Waals surface area contributed by atoms with Crippen LogP contribution in [0.4, 0.5) is 5.82 Å². The first kappa shape index (κ1) is 11.7. The van der Waals surface area contributed by atoms with Gasteiger partial charge in [-0.15, -0.1) is 5.10 Å². The minimum absolute atomic E-state index is 0.0210. The minimum Gasteiger partial charge on any atom is -0.379 e. The summed E-state index contributed by atoms with van der Waals surface area (Å²) in [6.07, 6.45) is 0. The van der Waals surface area contributed by atoms with Crippen molar-refractivity contribution in [1.29, 1.82) is 0 Å². The van der Waals surface area contributed by atoms with Gasteiger partial charge in [0, 0.05) is 16.8 Å². The summed E-state index contributed by atoms with van der Waals surface area (Å²) >= 11 is 6.05. The number of anilines is 1. The minimum atomic E-state index is -0.267. The first-order valence-electron chi connectivity index (χ1n) is 5.12. The highest BCUT2D eigenvalue weighted by molar-refractivity contribution is 6.31. The van der Waals surface area contributed by atoms with Gasteiger partial charge in [-0.1, -0.05) is 17.7 Å². The number of nitrogen functional groups attached to an aromatic ring is 1. The van der Waals surface area contributed by atoms with Crippen LogP contribution in [0.5, 0.6) is 0 Å². The Labute approximate surface area is 104 Å². The van der Waals surface area contributed by atoms with Crippen LogP contribution in [0.2, 0.25) is 5.02 Å². The summed E-state index contributed by atoms with van der Waals surface area (Å²) in [5, 5.41) is 4.69. The number of nitrogens with two attached hydrogens (primary N) is 1. The molecule has 1 heterocycles. The smallest absolute Gasteiger partial charge is 0.224 e. The van der Waals surface area contributed by atoms with Crippen LogP contribution < -0.4 is 11.2 Å². The lowest BCUT2D eigenvalue weighted by Gasteiger charge is -2.10. The fourth-order valence-corrected chi connectivity index (χ4v) is 1.71. The maximum Gasteiger partial charge on any atom is 0.224 e. The van der Waals surface area contributed by atoms with Crippen molar-refractivity contribution in [2.24, 2.45) is 0 Å². The van der Waals surface area contributed by atoms with E-state index in [9.17, 15) is 4.79 Å². The molecule has 1 aromatic carbocycles. The zero-order valence-electron chi connectivity index (χ0n) is 9.57. The number of nitrogens with zero attached hydrogens (tertiary/aromatic N) is 2. The van der Waals surface area contributed by atoms with Crippen LogP contribution in [0.15, 0.2) is 29.1 Å². The molecule has 0 aliphatic carbocycles. The fourth-order valence-electron chi connectivity index (χ4n) is 1.54. The molecule has 2 N–H and O–H groups in total. The molecule has 0 saturated heterocycles. The molecule has 88 valence electrons. The number of rotatable bonds is 1. The van der Waals surface area contributed by atoms with Gasteiger partial charge in [-0.2, -0.15) is 0 Å². The zero-order valence-corrected chi connectivity index (χ0v) is 10.3. The average molecular weight is 250 g/mol. The molecule has 0 fully saturated rings. The van der Waals surface area contributed by atoms with Crippen LogP contribution in [0.1, 0.15) is 11.3 Å². The van der Waals surface area contributed by atoms with Crippen molar-refractivity contribution in [3.63, 3.8) is 0 Å². The number of hydrogen-bond donors (Lipinski definition) is 1. The molecule has 4 nitrogen and oxygen atoms in total. The quantitative estimate of drug-likeness (QED) is 0.842. The zero-order chi connectivity index (χ0) is 12.6. The number of aryl methyl sites for hydroxylation is 2. The predicted molar refractivity (Wildman–Crippen MR) is 68.7 cm³/mol. The van der Waals surface area contributed by atoms with E-state index in [4.69, 9.17) is 17.3 Å². The second-order valence-electron chi connectivity index (χ2n) is 3.88. The first-order valence-corrected chi connectivity index (χ1v) is 5.50. The van der Waals surface area contributed by atoms with E-state index in [0.717, 1.165) is 11.3 Å². The van der Waals surface area contributed by atoms with Gasteiger partial charge in [0.2, 0.25) is 5.43 Å². The van der Waals surface area contributed by atoms with Crippen LogP contribution in [-0.2, 0) is 0 Å². The van der Waals surface area contributed by atoms with Crippen molar-refractivity contribution in [1.82, 2.24) is 9.78 Å². The van der Waals surface area contributed by atoms with Crippen molar-refractivity contribution < 1.29 is 0 Å². The lowest BCUT2D eigenvalue weighted by Crippen LogP contribution is -2.17. The molecular weight excluding hydrogens is 238 g/mol. The lowest BCUT2D eigenvalue weighted by atomic mass is 10.2. The molecular formula is C12H12ClN3O. The molecule has 1 aromatic heterocycles. The van der Waals surface area contributed by atoms with E-state index >= 15 is 0 Å². The number of halogens is 1. The van der Waals surface area contributed by atoms with Crippen LogP contribution in [-0.4, -0.2) is 9.78 Å². The second-order valence-corrected chi connectivity index (χ2v) is 4.29. The standard InChI is InChI=1S/C12H12ClN3O/c1-7-3-4-9(6-10(7)13)16-8(2)5-11(17)12(14)15-16/h3-6H,1-2H3,(H2,14,15). The van der Waals surface area contributed by atoms with Gasteiger partial charge in [0.1, 0.15) is 0 Å². The summed E-state index contributed by atoms with van der Waals surface area (Å²) in [6.45, 7) is 3.72. The molecule has 0 radical (unpaired) electrons. The fraction of sp³-hybridized carbons (Fsp3) is 0.167. The number of aromatic nitrogens is 2. The number of hydrogen-bond acceptors (Lipinski definition) is 3. The van der Waals surface area contributed by atoms with E-state index in [0.29, 0.717) is 10.7 Å². The van der Waals surface area contributed by atoms with Gasteiger partial charge in [-0.05, 0) is 31.5 Å². The van der Waals surface area contributed by atoms with Crippen molar-refractivity contribution >= 4 is 17.4 Å². The maximum atomic E-state index is 11.3. The Hall–Kier alpha value is -1.81. The Bertz CT molecular complexity index is 634. The summed E-state index contributed by atoms with van der Waals surface area (Å²) in [7, 11) is 0. The molecule has 0 unspecified atom stereocenters. The topological polar surface area (TPSA) is 60.9 Å². The van der Waals surface area contributed by atoms with Crippen LogP contribution in [0, 0.1) is 13.8 Å². The third kappa shape index (κ3) is 2.17. The molecule has 2 aromatic rings. The monoisotopic (exact) mass is 249 g/mol. The Morgan fingerprint density at radius 1 is 1.29 bits per heavy atom. The van der Waals surface area contributed by atoms with Gasteiger partial charge in [-0.25, -0.2) is 4.68 Å². The van der Waals surface area contributed by atoms with E-state index in [-0.39, 0.29) is 11.2 Å². The van der Waals surface area contributed by atoms with Crippen LogP contribution in [0.25, 0.3) is 5.69 Å². The van der Waals surface area contributed by atoms with Gasteiger partial charge in [0.15, 0.2) is 5.82 Å². The predicted octanol–water partition coefficient (Wildman–Crippen LogP) is 2.08. The van der Waals surface area contributed by atoms with E-state index in [1.807, 2.05) is 19.1 Å². The van der Waals surface area contributed by atoms with Crippen LogP contribution >= 0.6 is 11.6 Å². The van der Waals surface area contributed by atoms with Gasteiger partial charge in [-0.3, -0.25) is 4.79 Å². The van der Waals surface area contributed by atoms with Crippen LogP contribution in [0.3, 0.4) is 0 Å². The van der Waals surface area contributed by atoms with Gasteiger partial charge in [0.25, 0.3) is 0 Å². The highest BCUT2D eigenvalue weighted by atomic mass is 35.5. The second kappa shape index (κ2) is 4.22. The molecule has 0 amide bonds. The molecule has 0 saturated carbocycles. The maximum absolute atomic E-state index is 11.3. The average Bonchev–Trinajstić information content (AvgIpc) is 2.27. The van der Waals surface area contributed by atoms with E-state index in [2.05, 4.69) is 5.10 Å². The van der Waals surface area contributed by atoms with E-state index in [1.54, 1.807) is 17.7 Å². The summed E-state index contributed by atoms with van der Waals surface area (Å²) in [5.74, 6) is -0.0210. The Morgan fingerprint density at radius 2 is 2.00 bits per heavy atom. The first-order chi connectivity index (χ1) is 7.99. The summed E-state index contributed by atoms with van der Waals surface area (Å²) in [6, 6.07) is 7.02. The SMILES string of the molecule is Cc1ccc(-n2nc(N)c(=O)cc2C)cc1Cl. The molecule has 0 aliphatic rings. The van der Waals surface area contributed by atoms with Gasteiger partial charge >= 0.3 is 0 Å². The Balaban J connectivity index is 2.64. The lowest BCUT2D eigenvalue weighted by molar-refractivity contribution is 0.807. The van der Waals surface area contributed by atoms with E-state index < -0.39 is 0 Å². The van der Waals surface area contributed by atoms with Crippen molar-refractivity contribution in [3.05, 3.63) is 50.8 Å². The third-order valence-corrected chi connectivity index (χ3v) is 2.94. The summed E-state index contributed by atoms with van der Waals surface area (Å²) < 4.78 is 1.60. The van der Waals surface area contributed by atoms with Gasteiger partial charge < -0.3 is 5.73 Å². The molecule has 0 bridgehead atoms. The largest absolute Gasteiger partial charge is 0.379 e. The molecule has 2 rings (SSSR count). The molecule has 0 aliphatic heterocycles. The Kier molecular flexibility index (Phi) is 2.90. The van der Waals surface area contributed by atoms with Crippen molar-refractivity contribution in [2.75, 3.05) is 5.73 Å².